The van der Waals surface area contributed by atoms with Gasteiger partial charge in [0.05, 0.1) is 0 Å². The molecule has 0 saturated carbocycles. The number of halogens is 2. The summed E-state index contributed by atoms with van der Waals surface area (Å²) in [4.78, 5) is 26.7. The summed E-state index contributed by atoms with van der Waals surface area (Å²) < 4.78 is 13.1. The molecule has 144 valence electrons. The first-order valence-corrected chi connectivity index (χ1v) is 9.35. The van der Waals surface area contributed by atoms with E-state index in [-0.39, 0.29) is 30.7 Å². The van der Waals surface area contributed by atoms with E-state index in [0.717, 1.165) is 11.1 Å². The van der Waals surface area contributed by atoms with E-state index in [4.69, 9.17) is 11.6 Å². The van der Waals surface area contributed by atoms with E-state index in [0.29, 0.717) is 17.9 Å². The van der Waals surface area contributed by atoms with Gasteiger partial charge in [0.1, 0.15) is 11.9 Å². The van der Waals surface area contributed by atoms with Crippen molar-refractivity contribution in [2.24, 2.45) is 0 Å². The third-order valence-electron chi connectivity index (χ3n) is 4.31. The second-order valence-corrected chi connectivity index (χ2v) is 6.79. The highest BCUT2D eigenvalue weighted by Crippen LogP contribution is 2.16. The highest BCUT2D eigenvalue weighted by atomic mass is 35.5. The minimum absolute atomic E-state index is 0.109. The normalized spacial score (nSPS) is 11.7. The number of benzene rings is 2. The fourth-order valence-electron chi connectivity index (χ4n) is 2.70. The predicted octanol–water partition coefficient (Wildman–Crippen LogP) is 4.31. The molecule has 2 amide bonds. The first-order valence-electron chi connectivity index (χ1n) is 8.97. The van der Waals surface area contributed by atoms with Crippen molar-refractivity contribution in [2.75, 3.05) is 0 Å². The summed E-state index contributed by atoms with van der Waals surface area (Å²) >= 11 is 6.12. The minimum atomic E-state index is -0.656. The summed E-state index contributed by atoms with van der Waals surface area (Å²) in [7, 11) is 0. The molecule has 2 aromatic rings. The number of carbonyl (C=O) groups excluding carboxylic acids is 2. The molecule has 2 aromatic carbocycles. The Morgan fingerprint density at radius 1 is 1.15 bits per heavy atom. The largest absolute Gasteiger partial charge is 0.350 e. The van der Waals surface area contributed by atoms with Crippen LogP contribution in [-0.2, 0) is 22.7 Å². The van der Waals surface area contributed by atoms with Crippen molar-refractivity contribution in [1.82, 2.24) is 10.2 Å². The van der Waals surface area contributed by atoms with Gasteiger partial charge in [-0.15, -0.1) is 0 Å². The van der Waals surface area contributed by atoms with Crippen LogP contribution >= 0.6 is 11.6 Å². The number of carbonyl (C=O) groups is 2. The van der Waals surface area contributed by atoms with Crippen LogP contribution in [0.15, 0.2) is 48.5 Å². The molecule has 0 saturated heterocycles. The molecule has 0 aliphatic heterocycles. The molecule has 2 rings (SSSR count). The molecule has 0 radical (unpaired) electrons. The maximum absolute atomic E-state index is 13.1. The van der Waals surface area contributed by atoms with Crippen molar-refractivity contribution >= 4 is 23.4 Å². The SMILES string of the molecule is CCCC(=O)N(Cc1ccc(F)cc1)C(C)C(=O)NCc1ccccc1Cl. The summed E-state index contributed by atoms with van der Waals surface area (Å²) in [5, 5.41) is 3.41. The standard InChI is InChI=1S/C21H24ClFN2O2/c1-3-6-20(26)25(14-16-9-11-18(23)12-10-16)15(2)21(27)24-13-17-7-4-5-8-19(17)22/h4-5,7-12,15H,3,6,13-14H2,1-2H3,(H,24,27). The van der Waals surface area contributed by atoms with Crippen molar-refractivity contribution < 1.29 is 14.0 Å². The lowest BCUT2D eigenvalue weighted by Gasteiger charge is -2.29. The molecule has 0 aromatic heterocycles. The Kier molecular flexibility index (Phi) is 7.80. The predicted molar refractivity (Wildman–Crippen MR) is 105 cm³/mol. The summed E-state index contributed by atoms with van der Waals surface area (Å²) in [5.74, 6) is -0.709. The molecule has 6 heteroatoms. The molecule has 1 atom stereocenters. The number of nitrogens with one attached hydrogen (secondary N) is 1. The Labute approximate surface area is 164 Å². The van der Waals surface area contributed by atoms with Gasteiger partial charge in [0.15, 0.2) is 0 Å². The van der Waals surface area contributed by atoms with E-state index in [9.17, 15) is 14.0 Å². The van der Waals surface area contributed by atoms with Gasteiger partial charge in [-0.2, -0.15) is 0 Å². The summed E-state index contributed by atoms with van der Waals surface area (Å²) in [6, 6.07) is 12.6. The summed E-state index contributed by atoms with van der Waals surface area (Å²) in [6.45, 7) is 4.14. The molecule has 4 nitrogen and oxygen atoms in total. The lowest BCUT2D eigenvalue weighted by atomic mass is 10.1. The highest BCUT2D eigenvalue weighted by molar-refractivity contribution is 6.31. The van der Waals surface area contributed by atoms with E-state index in [1.165, 1.54) is 17.0 Å². The van der Waals surface area contributed by atoms with Crippen LogP contribution in [-0.4, -0.2) is 22.8 Å². The molecule has 0 aliphatic carbocycles. The Hall–Kier alpha value is -2.40. The third kappa shape index (κ3) is 6.07. The van der Waals surface area contributed by atoms with Crippen LogP contribution in [0, 0.1) is 5.82 Å². The zero-order valence-electron chi connectivity index (χ0n) is 15.5. The number of hydrogen-bond acceptors (Lipinski definition) is 2. The maximum atomic E-state index is 13.1. The second-order valence-electron chi connectivity index (χ2n) is 6.38. The average Bonchev–Trinajstić information content (AvgIpc) is 2.66. The number of nitrogens with zero attached hydrogens (tertiary/aromatic N) is 1. The van der Waals surface area contributed by atoms with Gasteiger partial charge < -0.3 is 10.2 Å². The number of amides is 2. The van der Waals surface area contributed by atoms with Crippen molar-refractivity contribution in [3.63, 3.8) is 0 Å². The lowest BCUT2D eigenvalue weighted by Crippen LogP contribution is -2.47. The summed E-state index contributed by atoms with van der Waals surface area (Å²) in [6.07, 6.45) is 1.04. The van der Waals surface area contributed by atoms with Crippen LogP contribution in [0.2, 0.25) is 5.02 Å². The van der Waals surface area contributed by atoms with Gasteiger partial charge in [0, 0.05) is 24.5 Å². The first kappa shape index (κ1) is 20.9. The van der Waals surface area contributed by atoms with Crippen LogP contribution in [0.4, 0.5) is 4.39 Å². The zero-order valence-corrected chi connectivity index (χ0v) is 16.3. The fraction of sp³-hybridized carbons (Fsp3) is 0.333. The molecule has 0 bridgehead atoms. The first-order chi connectivity index (χ1) is 12.9. The Balaban J connectivity index is 2.08. The lowest BCUT2D eigenvalue weighted by molar-refractivity contribution is -0.140. The molecule has 1 N–H and O–H groups in total. The van der Waals surface area contributed by atoms with Crippen LogP contribution in [0.1, 0.15) is 37.8 Å². The quantitative estimate of drug-likeness (QED) is 0.730. The second kappa shape index (κ2) is 10.1. The Bertz CT molecular complexity index is 780. The topological polar surface area (TPSA) is 49.4 Å². The van der Waals surface area contributed by atoms with Gasteiger partial charge >= 0.3 is 0 Å². The van der Waals surface area contributed by atoms with E-state index in [1.54, 1.807) is 25.1 Å². The summed E-state index contributed by atoms with van der Waals surface area (Å²) in [5.41, 5.74) is 1.58. The van der Waals surface area contributed by atoms with E-state index >= 15 is 0 Å². The molecule has 0 heterocycles. The minimum Gasteiger partial charge on any atom is -0.350 e. The molecule has 1 unspecified atom stereocenters. The molecular formula is C21H24ClFN2O2. The van der Waals surface area contributed by atoms with Crippen LogP contribution < -0.4 is 5.32 Å². The maximum Gasteiger partial charge on any atom is 0.242 e. The van der Waals surface area contributed by atoms with Gasteiger partial charge in [0.2, 0.25) is 11.8 Å². The smallest absolute Gasteiger partial charge is 0.242 e. The molecule has 0 aliphatic rings. The van der Waals surface area contributed by atoms with Gasteiger partial charge in [-0.05, 0) is 42.7 Å². The van der Waals surface area contributed by atoms with Crippen molar-refractivity contribution in [3.8, 4) is 0 Å². The average molecular weight is 391 g/mol. The molecular weight excluding hydrogens is 367 g/mol. The highest BCUT2D eigenvalue weighted by Gasteiger charge is 2.25. The van der Waals surface area contributed by atoms with Gasteiger partial charge in [-0.25, -0.2) is 4.39 Å². The number of hydrogen-bond donors (Lipinski definition) is 1. The van der Waals surface area contributed by atoms with Crippen LogP contribution in [0.3, 0.4) is 0 Å². The van der Waals surface area contributed by atoms with E-state index in [1.807, 2.05) is 25.1 Å². The van der Waals surface area contributed by atoms with E-state index < -0.39 is 6.04 Å². The zero-order chi connectivity index (χ0) is 19.8. The molecule has 0 spiro atoms. The monoisotopic (exact) mass is 390 g/mol. The molecule has 0 fully saturated rings. The third-order valence-corrected chi connectivity index (χ3v) is 4.68. The van der Waals surface area contributed by atoms with Gasteiger partial charge in [0.25, 0.3) is 0 Å². The van der Waals surface area contributed by atoms with Gasteiger partial charge in [-0.1, -0.05) is 48.9 Å². The van der Waals surface area contributed by atoms with Crippen molar-refractivity contribution in [2.45, 2.75) is 45.8 Å². The fourth-order valence-corrected chi connectivity index (χ4v) is 2.90. The van der Waals surface area contributed by atoms with Crippen molar-refractivity contribution in [3.05, 3.63) is 70.5 Å². The van der Waals surface area contributed by atoms with E-state index in [2.05, 4.69) is 5.32 Å². The number of rotatable bonds is 8. The molecule has 27 heavy (non-hydrogen) atoms. The Morgan fingerprint density at radius 3 is 2.44 bits per heavy atom. The van der Waals surface area contributed by atoms with Crippen molar-refractivity contribution in [1.29, 1.82) is 0 Å². The van der Waals surface area contributed by atoms with Gasteiger partial charge in [-0.3, -0.25) is 9.59 Å². The van der Waals surface area contributed by atoms with Crippen LogP contribution in [0.25, 0.3) is 0 Å². The van der Waals surface area contributed by atoms with Crippen LogP contribution in [0.5, 0.6) is 0 Å². The Morgan fingerprint density at radius 2 is 1.81 bits per heavy atom.